The highest BCUT2D eigenvalue weighted by molar-refractivity contribution is 9.09. The number of halogens is 4. The van der Waals surface area contributed by atoms with Gasteiger partial charge in [-0.3, -0.25) is 0 Å². The zero-order valence-corrected chi connectivity index (χ0v) is 10.0. The van der Waals surface area contributed by atoms with Crippen LogP contribution in [0, 0.1) is 0 Å². The van der Waals surface area contributed by atoms with Crippen molar-refractivity contribution in [3.8, 4) is 0 Å². The van der Waals surface area contributed by atoms with Crippen LogP contribution in [-0.2, 0) is 6.18 Å². The maximum atomic E-state index is 12.7. The van der Waals surface area contributed by atoms with E-state index < -0.39 is 17.7 Å². The van der Waals surface area contributed by atoms with Gasteiger partial charge in [0.2, 0.25) is 0 Å². The molecule has 1 aromatic rings. The van der Waals surface area contributed by atoms with Crippen LogP contribution in [0.3, 0.4) is 0 Å². The third-order valence-electron chi connectivity index (χ3n) is 1.99. The average Bonchev–Trinajstić information content (AvgIpc) is 2.24. The maximum Gasteiger partial charge on any atom is 0.417 e. The maximum absolute atomic E-state index is 12.7. The number of rotatable bonds is 3. The summed E-state index contributed by atoms with van der Waals surface area (Å²) in [5.74, 6) is -1.38. The fraction of sp³-hybridized carbons (Fsp3) is 0.182. The molecule has 0 amide bonds. The number of aromatic carboxylic acids is 1. The number of allylic oxidation sites excluding steroid dienone is 1. The minimum atomic E-state index is -4.57. The molecule has 0 unspecified atom stereocenters. The lowest BCUT2D eigenvalue weighted by atomic mass is 10.0. The van der Waals surface area contributed by atoms with Crippen molar-refractivity contribution in [2.45, 2.75) is 6.18 Å². The minimum Gasteiger partial charge on any atom is -0.478 e. The van der Waals surface area contributed by atoms with Gasteiger partial charge in [0.1, 0.15) is 0 Å². The first-order valence-corrected chi connectivity index (χ1v) is 5.65. The second-order valence-electron chi connectivity index (χ2n) is 3.16. The van der Waals surface area contributed by atoms with Crippen LogP contribution < -0.4 is 0 Å². The largest absolute Gasteiger partial charge is 0.478 e. The van der Waals surface area contributed by atoms with E-state index in [1.807, 2.05) is 0 Å². The number of carbonyl (C=O) groups is 1. The van der Waals surface area contributed by atoms with E-state index >= 15 is 0 Å². The smallest absolute Gasteiger partial charge is 0.417 e. The Hall–Kier alpha value is -1.30. The van der Waals surface area contributed by atoms with Gasteiger partial charge in [-0.2, -0.15) is 13.2 Å². The molecule has 1 aromatic carbocycles. The number of carboxylic acids is 1. The lowest BCUT2D eigenvalue weighted by Crippen LogP contribution is -2.09. The van der Waals surface area contributed by atoms with Crippen LogP contribution in [0.15, 0.2) is 24.3 Å². The molecule has 0 aliphatic carbocycles. The molecule has 0 saturated heterocycles. The zero-order chi connectivity index (χ0) is 13.1. The first kappa shape index (κ1) is 13.8. The third-order valence-corrected chi connectivity index (χ3v) is 2.37. The van der Waals surface area contributed by atoms with Gasteiger partial charge in [-0.15, -0.1) is 0 Å². The molecule has 0 aliphatic heterocycles. The number of carboxylic acid groups (broad SMARTS) is 1. The Morgan fingerprint density at radius 3 is 2.53 bits per heavy atom. The van der Waals surface area contributed by atoms with E-state index in [1.54, 1.807) is 0 Å². The van der Waals surface area contributed by atoms with Crippen molar-refractivity contribution in [1.29, 1.82) is 0 Å². The SMILES string of the molecule is O=C(O)c1ccc(C=CCBr)c(C(F)(F)F)c1. The predicted octanol–water partition coefficient (Wildman–Crippen LogP) is 3.81. The van der Waals surface area contributed by atoms with E-state index in [1.165, 1.54) is 12.2 Å². The Labute approximate surface area is 104 Å². The normalized spacial score (nSPS) is 12.0. The molecule has 0 spiro atoms. The van der Waals surface area contributed by atoms with Gasteiger partial charge < -0.3 is 5.11 Å². The molecule has 0 radical (unpaired) electrons. The van der Waals surface area contributed by atoms with Gasteiger partial charge in [0.25, 0.3) is 0 Å². The highest BCUT2D eigenvalue weighted by Crippen LogP contribution is 2.33. The monoisotopic (exact) mass is 308 g/mol. The number of alkyl halides is 4. The summed E-state index contributed by atoms with van der Waals surface area (Å²) < 4.78 is 38.0. The van der Waals surface area contributed by atoms with Gasteiger partial charge in [0.05, 0.1) is 11.1 Å². The molecule has 6 heteroatoms. The first-order valence-electron chi connectivity index (χ1n) is 4.53. The Bertz CT molecular complexity index is 453. The molecular weight excluding hydrogens is 301 g/mol. The van der Waals surface area contributed by atoms with E-state index in [0.717, 1.165) is 12.1 Å². The molecule has 0 aromatic heterocycles. The van der Waals surface area contributed by atoms with E-state index in [0.29, 0.717) is 11.4 Å². The van der Waals surface area contributed by atoms with E-state index in [2.05, 4.69) is 15.9 Å². The Morgan fingerprint density at radius 2 is 2.06 bits per heavy atom. The molecule has 2 nitrogen and oxygen atoms in total. The van der Waals surface area contributed by atoms with Crippen molar-refractivity contribution >= 4 is 28.0 Å². The van der Waals surface area contributed by atoms with Crippen LogP contribution in [0.4, 0.5) is 13.2 Å². The Balaban J connectivity index is 3.32. The fourth-order valence-corrected chi connectivity index (χ4v) is 1.44. The molecule has 1 rings (SSSR count). The number of hydrogen-bond acceptors (Lipinski definition) is 1. The van der Waals surface area contributed by atoms with Crippen LogP contribution in [-0.4, -0.2) is 16.4 Å². The van der Waals surface area contributed by atoms with Crippen LogP contribution in [0.5, 0.6) is 0 Å². The van der Waals surface area contributed by atoms with Crippen molar-refractivity contribution in [1.82, 2.24) is 0 Å². The van der Waals surface area contributed by atoms with Gasteiger partial charge in [0, 0.05) is 5.33 Å². The third kappa shape index (κ3) is 3.59. The molecule has 0 fully saturated rings. The zero-order valence-electron chi connectivity index (χ0n) is 8.46. The van der Waals surface area contributed by atoms with Crippen LogP contribution in [0.1, 0.15) is 21.5 Å². The van der Waals surface area contributed by atoms with Crippen molar-refractivity contribution < 1.29 is 23.1 Å². The Kier molecular flexibility index (Phi) is 4.34. The lowest BCUT2D eigenvalue weighted by molar-refractivity contribution is -0.137. The molecule has 1 N–H and O–H groups in total. The summed E-state index contributed by atoms with van der Waals surface area (Å²) in [6.07, 6.45) is -1.77. The molecule has 0 aliphatic rings. The fourth-order valence-electron chi connectivity index (χ4n) is 1.25. The number of benzene rings is 1. The topological polar surface area (TPSA) is 37.3 Å². The average molecular weight is 309 g/mol. The molecule has 0 bridgehead atoms. The molecular formula is C11H8BrF3O2. The molecule has 17 heavy (non-hydrogen) atoms. The van der Waals surface area contributed by atoms with Gasteiger partial charge in [-0.05, 0) is 17.7 Å². The van der Waals surface area contributed by atoms with Crippen molar-refractivity contribution in [3.63, 3.8) is 0 Å². The highest BCUT2D eigenvalue weighted by Gasteiger charge is 2.33. The van der Waals surface area contributed by atoms with Gasteiger partial charge in [0.15, 0.2) is 0 Å². The van der Waals surface area contributed by atoms with Gasteiger partial charge in [-0.1, -0.05) is 34.1 Å². The summed E-state index contributed by atoms with van der Waals surface area (Å²) in [6, 6.07) is 2.92. The molecule has 0 saturated carbocycles. The van der Waals surface area contributed by atoms with Crippen molar-refractivity contribution in [2.24, 2.45) is 0 Å². The first-order chi connectivity index (χ1) is 7.86. The summed E-state index contributed by atoms with van der Waals surface area (Å²) in [5.41, 5.74) is -1.38. The summed E-state index contributed by atoms with van der Waals surface area (Å²) in [5, 5.41) is 9.07. The minimum absolute atomic E-state index is 0.0537. The van der Waals surface area contributed by atoms with E-state index in [4.69, 9.17) is 5.11 Å². The lowest BCUT2D eigenvalue weighted by Gasteiger charge is -2.11. The van der Waals surface area contributed by atoms with Crippen molar-refractivity contribution in [2.75, 3.05) is 5.33 Å². The Morgan fingerprint density at radius 1 is 1.41 bits per heavy atom. The standard InChI is InChI=1S/C11H8BrF3O2/c12-5-1-2-7-3-4-8(10(16)17)6-9(7)11(13,14)15/h1-4,6H,5H2,(H,16,17). The summed E-state index contributed by atoms with van der Waals surface area (Å²) >= 11 is 3.06. The predicted molar refractivity (Wildman–Crippen MR) is 61.2 cm³/mol. The van der Waals surface area contributed by atoms with Crippen LogP contribution >= 0.6 is 15.9 Å². The van der Waals surface area contributed by atoms with E-state index in [9.17, 15) is 18.0 Å². The van der Waals surface area contributed by atoms with Gasteiger partial charge in [-0.25, -0.2) is 4.79 Å². The molecule has 92 valence electrons. The van der Waals surface area contributed by atoms with Crippen LogP contribution in [0.25, 0.3) is 6.08 Å². The van der Waals surface area contributed by atoms with E-state index in [-0.39, 0.29) is 11.1 Å². The van der Waals surface area contributed by atoms with Crippen molar-refractivity contribution in [3.05, 3.63) is 41.0 Å². The molecule has 0 heterocycles. The quantitative estimate of drug-likeness (QED) is 0.862. The van der Waals surface area contributed by atoms with Crippen LogP contribution in [0.2, 0.25) is 0 Å². The highest BCUT2D eigenvalue weighted by atomic mass is 79.9. The number of hydrogen-bond donors (Lipinski definition) is 1. The summed E-state index contributed by atoms with van der Waals surface area (Å²) in [4.78, 5) is 10.6. The summed E-state index contributed by atoms with van der Waals surface area (Å²) in [6.45, 7) is 0. The van der Waals surface area contributed by atoms with Gasteiger partial charge >= 0.3 is 12.1 Å². The summed E-state index contributed by atoms with van der Waals surface area (Å²) in [7, 11) is 0. The second kappa shape index (κ2) is 5.35. The molecule has 0 atom stereocenters. The second-order valence-corrected chi connectivity index (χ2v) is 3.81.